The molecule has 0 spiro atoms. The van der Waals surface area contributed by atoms with Crippen molar-refractivity contribution in [3.63, 3.8) is 0 Å². The topological polar surface area (TPSA) is 30.7 Å². The first-order valence-corrected chi connectivity index (χ1v) is 5.26. The summed E-state index contributed by atoms with van der Waals surface area (Å²) < 4.78 is 2.02. The summed E-state index contributed by atoms with van der Waals surface area (Å²) in [6.45, 7) is 0. The largest absolute Gasteiger partial charge is 0.324 e. The third-order valence-electron chi connectivity index (χ3n) is 2.47. The van der Waals surface area contributed by atoms with Gasteiger partial charge in [0.15, 0.2) is 0 Å². The van der Waals surface area contributed by atoms with Crippen LogP contribution in [0.1, 0.15) is 0 Å². The molecule has 0 aliphatic rings. The minimum atomic E-state index is 0.485. The van der Waals surface area contributed by atoms with Crippen molar-refractivity contribution in [1.29, 1.82) is 0 Å². The van der Waals surface area contributed by atoms with Gasteiger partial charge in [-0.05, 0) is 30.3 Å². The van der Waals surface area contributed by atoms with E-state index in [1.807, 2.05) is 47.3 Å². The van der Waals surface area contributed by atoms with E-state index in [2.05, 4.69) is 9.97 Å². The van der Waals surface area contributed by atoms with Gasteiger partial charge in [-0.3, -0.25) is 0 Å². The average molecular weight is 230 g/mol. The van der Waals surface area contributed by atoms with Crippen LogP contribution >= 0.6 is 11.6 Å². The first kappa shape index (κ1) is 9.36. The fourth-order valence-corrected chi connectivity index (χ4v) is 1.88. The Kier molecular flexibility index (Phi) is 2.11. The van der Waals surface area contributed by atoms with E-state index in [-0.39, 0.29) is 0 Å². The minimum absolute atomic E-state index is 0.485. The van der Waals surface area contributed by atoms with E-state index in [0.29, 0.717) is 5.15 Å². The number of hydrogen-bond donors (Lipinski definition) is 0. The van der Waals surface area contributed by atoms with Gasteiger partial charge >= 0.3 is 0 Å². The summed E-state index contributed by atoms with van der Waals surface area (Å²) in [5.74, 6) is 0. The highest BCUT2D eigenvalue weighted by atomic mass is 35.5. The molecule has 0 bridgehead atoms. The summed E-state index contributed by atoms with van der Waals surface area (Å²) in [5, 5.41) is 1.36. The molecule has 3 aromatic rings. The first-order valence-electron chi connectivity index (χ1n) is 4.88. The van der Waals surface area contributed by atoms with Crippen molar-refractivity contribution in [3.05, 3.63) is 54.2 Å². The fraction of sp³-hybridized carbons (Fsp3) is 0. The summed E-state index contributed by atoms with van der Waals surface area (Å²) in [5.41, 5.74) is 1.91. The minimum Gasteiger partial charge on any atom is -0.324 e. The molecule has 0 radical (unpaired) electrons. The molecule has 0 unspecified atom stereocenters. The molecule has 0 atom stereocenters. The predicted molar refractivity (Wildman–Crippen MR) is 63.9 cm³/mol. The molecule has 0 saturated heterocycles. The maximum absolute atomic E-state index is 6.03. The van der Waals surface area contributed by atoms with E-state index >= 15 is 0 Å². The predicted octanol–water partition coefficient (Wildman–Crippen LogP) is 3.07. The molecular weight excluding hydrogens is 222 g/mol. The highest BCUT2D eigenvalue weighted by Crippen LogP contribution is 2.22. The molecule has 2 aromatic heterocycles. The van der Waals surface area contributed by atoms with E-state index < -0.39 is 0 Å². The molecule has 16 heavy (non-hydrogen) atoms. The number of hydrogen-bond acceptors (Lipinski definition) is 2. The molecule has 4 heteroatoms. The van der Waals surface area contributed by atoms with Crippen LogP contribution in [0.2, 0.25) is 5.15 Å². The van der Waals surface area contributed by atoms with E-state index in [1.54, 1.807) is 0 Å². The Morgan fingerprint density at radius 3 is 2.69 bits per heavy atom. The first-order chi connectivity index (χ1) is 7.84. The number of fused-ring (bicyclic) bond motifs is 1. The molecule has 0 N–H and O–H groups in total. The maximum atomic E-state index is 6.03. The van der Waals surface area contributed by atoms with Crippen molar-refractivity contribution in [1.82, 2.24) is 14.5 Å². The van der Waals surface area contributed by atoms with Gasteiger partial charge in [0.2, 0.25) is 0 Å². The van der Waals surface area contributed by atoms with Crippen molar-refractivity contribution in [2.75, 3.05) is 0 Å². The molecule has 3 nitrogen and oxygen atoms in total. The van der Waals surface area contributed by atoms with Gasteiger partial charge in [0.1, 0.15) is 11.5 Å². The Morgan fingerprint density at radius 2 is 1.88 bits per heavy atom. The Balaban J connectivity index is 2.27. The Hall–Kier alpha value is -1.87. The van der Waals surface area contributed by atoms with Gasteiger partial charge in [0, 0.05) is 23.5 Å². The van der Waals surface area contributed by atoms with Crippen LogP contribution in [0.3, 0.4) is 0 Å². The van der Waals surface area contributed by atoms with Gasteiger partial charge < -0.3 is 4.57 Å². The third kappa shape index (κ3) is 1.46. The second kappa shape index (κ2) is 3.61. The zero-order valence-corrected chi connectivity index (χ0v) is 9.09. The summed E-state index contributed by atoms with van der Waals surface area (Å²) in [6, 6.07) is 9.89. The molecular formula is C12H8ClN3. The molecule has 0 aliphatic carbocycles. The van der Waals surface area contributed by atoms with Gasteiger partial charge in [-0.15, -0.1) is 0 Å². The summed E-state index contributed by atoms with van der Waals surface area (Å²) in [4.78, 5) is 8.13. The highest BCUT2D eigenvalue weighted by molar-refractivity contribution is 6.34. The number of aromatic nitrogens is 3. The van der Waals surface area contributed by atoms with Gasteiger partial charge in [-0.2, -0.15) is 0 Å². The van der Waals surface area contributed by atoms with Gasteiger partial charge in [0.05, 0.1) is 5.52 Å². The Bertz CT molecular complexity index is 632. The van der Waals surface area contributed by atoms with Crippen molar-refractivity contribution in [3.8, 4) is 5.69 Å². The Morgan fingerprint density at radius 1 is 1.06 bits per heavy atom. The van der Waals surface area contributed by atoms with Crippen LogP contribution in [-0.4, -0.2) is 14.5 Å². The van der Waals surface area contributed by atoms with E-state index in [4.69, 9.17) is 11.6 Å². The number of halogens is 1. The third-order valence-corrected chi connectivity index (χ3v) is 2.77. The molecule has 1 aromatic carbocycles. The average Bonchev–Trinajstić information content (AvgIpc) is 2.83. The lowest BCUT2D eigenvalue weighted by atomic mass is 10.2. The summed E-state index contributed by atoms with van der Waals surface area (Å²) in [7, 11) is 0. The number of nitrogens with zero attached hydrogens (tertiary/aromatic N) is 3. The van der Waals surface area contributed by atoms with Gasteiger partial charge in [-0.25, -0.2) is 9.97 Å². The monoisotopic (exact) mass is 229 g/mol. The standard InChI is InChI=1S/C12H8ClN3/c13-12-10-7-9(16-5-1-2-6-16)3-4-11(10)14-8-15-12/h1-8H. The van der Waals surface area contributed by atoms with Crippen LogP contribution < -0.4 is 0 Å². The van der Waals surface area contributed by atoms with E-state index in [1.165, 1.54) is 6.33 Å². The summed E-state index contributed by atoms with van der Waals surface area (Å²) >= 11 is 6.03. The van der Waals surface area contributed by atoms with Crippen LogP contribution in [0, 0.1) is 0 Å². The zero-order chi connectivity index (χ0) is 11.0. The molecule has 78 valence electrons. The number of benzene rings is 1. The highest BCUT2D eigenvalue weighted by Gasteiger charge is 2.02. The van der Waals surface area contributed by atoms with E-state index in [9.17, 15) is 0 Å². The van der Waals surface area contributed by atoms with Crippen LogP contribution in [-0.2, 0) is 0 Å². The molecule has 3 rings (SSSR count). The quantitative estimate of drug-likeness (QED) is 0.601. The lowest BCUT2D eigenvalue weighted by molar-refractivity contribution is 1.08. The fourth-order valence-electron chi connectivity index (χ4n) is 1.68. The van der Waals surface area contributed by atoms with Crippen molar-refractivity contribution in [2.24, 2.45) is 0 Å². The molecule has 0 fully saturated rings. The molecule has 0 amide bonds. The second-order valence-electron chi connectivity index (χ2n) is 3.46. The second-order valence-corrected chi connectivity index (χ2v) is 3.81. The van der Waals surface area contributed by atoms with Crippen molar-refractivity contribution < 1.29 is 0 Å². The van der Waals surface area contributed by atoms with E-state index in [0.717, 1.165) is 16.6 Å². The lowest BCUT2D eigenvalue weighted by Crippen LogP contribution is -1.91. The zero-order valence-electron chi connectivity index (χ0n) is 8.34. The van der Waals surface area contributed by atoms with Crippen molar-refractivity contribution >= 4 is 22.5 Å². The SMILES string of the molecule is Clc1ncnc2ccc(-n3cccc3)cc12. The van der Waals surface area contributed by atoms with Crippen LogP contribution in [0.15, 0.2) is 49.1 Å². The molecule has 2 heterocycles. The normalized spacial score (nSPS) is 10.8. The number of rotatable bonds is 1. The lowest BCUT2D eigenvalue weighted by Gasteiger charge is -2.04. The van der Waals surface area contributed by atoms with Crippen LogP contribution in [0.4, 0.5) is 0 Å². The summed E-state index contributed by atoms with van der Waals surface area (Å²) in [6.07, 6.45) is 5.44. The van der Waals surface area contributed by atoms with Crippen molar-refractivity contribution in [2.45, 2.75) is 0 Å². The molecule has 0 saturated carbocycles. The molecule has 0 aliphatic heterocycles. The maximum Gasteiger partial charge on any atom is 0.140 e. The van der Waals surface area contributed by atoms with Crippen LogP contribution in [0.5, 0.6) is 0 Å². The van der Waals surface area contributed by atoms with Gasteiger partial charge in [-0.1, -0.05) is 11.6 Å². The van der Waals surface area contributed by atoms with Crippen LogP contribution in [0.25, 0.3) is 16.6 Å². The Labute approximate surface area is 97.3 Å². The smallest absolute Gasteiger partial charge is 0.140 e. The van der Waals surface area contributed by atoms with Gasteiger partial charge in [0.25, 0.3) is 0 Å².